The molecule has 0 N–H and O–H groups in total. The van der Waals surface area contributed by atoms with Crippen molar-refractivity contribution in [1.29, 1.82) is 0 Å². The minimum Gasteiger partial charge on any atom is -0.465 e. The molecule has 2 aromatic heterocycles. The Bertz CT molecular complexity index is 918. The van der Waals surface area contributed by atoms with Gasteiger partial charge in [-0.15, -0.1) is 0 Å². The lowest BCUT2D eigenvalue weighted by Gasteiger charge is -2.08. The Hall–Kier alpha value is -2.21. The number of carbonyl (C=O) groups is 1. The zero-order valence-electron chi connectivity index (χ0n) is 13.8. The molecular formula is C18H18BrN3O2. The van der Waals surface area contributed by atoms with Gasteiger partial charge in [-0.3, -0.25) is 0 Å². The van der Waals surface area contributed by atoms with Gasteiger partial charge in [-0.2, -0.15) is 5.10 Å². The predicted molar refractivity (Wildman–Crippen MR) is 97.0 cm³/mol. The minimum absolute atomic E-state index is 0.377. The van der Waals surface area contributed by atoms with E-state index in [4.69, 9.17) is 9.72 Å². The molecule has 0 fully saturated rings. The van der Waals surface area contributed by atoms with Crippen molar-refractivity contribution < 1.29 is 9.53 Å². The number of halogens is 1. The third kappa shape index (κ3) is 2.94. The zero-order chi connectivity index (χ0) is 17.3. The Labute approximate surface area is 148 Å². The van der Waals surface area contributed by atoms with Gasteiger partial charge in [0.25, 0.3) is 0 Å². The van der Waals surface area contributed by atoms with Gasteiger partial charge in [0.2, 0.25) is 0 Å². The molecule has 0 bridgehead atoms. The minimum atomic E-state index is -0.377. The molecule has 0 saturated carbocycles. The van der Waals surface area contributed by atoms with Crippen molar-refractivity contribution in [2.45, 2.75) is 26.8 Å². The average Bonchev–Trinajstić information content (AvgIpc) is 2.90. The van der Waals surface area contributed by atoms with Crippen LogP contribution < -0.4 is 0 Å². The van der Waals surface area contributed by atoms with E-state index in [0.717, 1.165) is 39.8 Å². The smallest absolute Gasteiger partial charge is 0.338 e. The number of nitrogens with zero attached hydrogens (tertiary/aromatic N) is 3. The molecule has 0 spiro atoms. The van der Waals surface area contributed by atoms with Crippen LogP contribution in [0.5, 0.6) is 0 Å². The Morgan fingerprint density at radius 3 is 2.79 bits per heavy atom. The third-order valence-corrected chi connectivity index (χ3v) is 4.33. The number of carbonyl (C=O) groups excluding carboxylic acids is 1. The maximum atomic E-state index is 12.3. The molecule has 0 saturated heterocycles. The van der Waals surface area contributed by atoms with Gasteiger partial charge in [0, 0.05) is 16.6 Å². The summed E-state index contributed by atoms with van der Waals surface area (Å²) >= 11 is 3.48. The van der Waals surface area contributed by atoms with Gasteiger partial charge in [0.1, 0.15) is 0 Å². The average molecular weight is 388 g/mol. The van der Waals surface area contributed by atoms with Crippen molar-refractivity contribution in [3.8, 4) is 11.3 Å². The molecule has 0 aliphatic carbocycles. The molecular weight excluding hydrogens is 370 g/mol. The highest BCUT2D eigenvalue weighted by Gasteiger charge is 2.20. The molecule has 0 radical (unpaired) electrons. The number of benzene rings is 1. The first kappa shape index (κ1) is 16.6. The maximum absolute atomic E-state index is 12.3. The van der Waals surface area contributed by atoms with Crippen molar-refractivity contribution in [1.82, 2.24) is 14.8 Å². The van der Waals surface area contributed by atoms with Crippen LogP contribution in [0.4, 0.5) is 0 Å². The van der Waals surface area contributed by atoms with Gasteiger partial charge >= 0.3 is 5.97 Å². The van der Waals surface area contributed by atoms with Crippen molar-refractivity contribution in [2.75, 3.05) is 7.11 Å². The molecule has 1 aromatic carbocycles. The highest BCUT2D eigenvalue weighted by atomic mass is 79.9. The second kappa shape index (κ2) is 6.73. The number of pyridine rings is 1. The number of esters is 1. The third-order valence-electron chi connectivity index (χ3n) is 3.84. The standard InChI is InChI=1S/C18H18BrN3O2/c1-4-8-22-17-16(11(2)21-22)14(18(23)24-3)10-15(20-17)12-6-5-7-13(19)9-12/h5-7,9-10H,4,8H2,1-3H3. The summed E-state index contributed by atoms with van der Waals surface area (Å²) in [5.74, 6) is -0.377. The largest absolute Gasteiger partial charge is 0.465 e. The fourth-order valence-corrected chi connectivity index (χ4v) is 3.19. The number of methoxy groups -OCH3 is 1. The van der Waals surface area contributed by atoms with E-state index >= 15 is 0 Å². The Balaban J connectivity index is 2.32. The number of hydrogen-bond donors (Lipinski definition) is 0. The zero-order valence-corrected chi connectivity index (χ0v) is 15.4. The second-order valence-electron chi connectivity index (χ2n) is 5.56. The Kier molecular flexibility index (Phi) is 4.66. The van der Waals surface area contributed by atoms with Gasteiger partial charge in [-0.25, -0.2) is 14.5 Å². The van der Waals surface area contributed by atoms with Gasteiger partial charge in [0.05, 0.1) is 29.4 Å². The molecule has 0 unspecified atom stereocenters. The van der Waals surface area contributed by atoms with Crippen LogP contribution in [0.1, 0.15) is 29.4 Å². The van der Waals surface area contributed by atoms with Gasteiger partial charge in [-0.05, 0) is 31.5 Å². The van der Waals surface area contributed by atoms with E-state index in [1.54, 1.807) is 6.07 Å². The molecule has 3 rings (SSSR count). The summed E-state index contributed by atoms with van der Waals surface area (Å²) in [4.78, 5) is 17.1. The van der Waals surface area contributed by atoms with E-state index in [1.165, 1.54) is 7.11 Å². The van der Waals surface area contributed by atoms with Crippen LogP contribution in [0.25, 0.3) is 22.3 Å². The molecule has 24 heavy (non-hydrogen) atoms. The van der Waals surface area contributed by atoms with E-state index in [-0.39, 0.29) is 5.97 Å². The number of aromatic nitrogens is 3. The van der Waals surface area contributed by atoms with E-state index in [0.29, 0.717) is 11.2 Å². The Morgan fingerprint density at radius 1 is 1.33 bits per heavy atom. The SMILES string of the molecule is CCCn1nc(C)c2c(C(=O)OC)cc(-c3cccc(Br)c3)nc21. The van der Waals surface area contributed by atoms with Crippen LogP contribution in [0.2, 0.25) is 0 Å². The van der Waals surface area contributed by atoms with Crippen LogP contribution in [-0.2, 0) is 11.3 Å². The Morgan fingerprint density at radius 2 is 2.12 bits per heavy atom. The molecule has 0 aliphatic rings. The first-order valence-corrected chi connectivity index (χ1v) is 8.56. The molecule has 2 heterocycles. The van der Waals surface area contributed by atoms with Crippen molar-refractivity contribution in [3.63, 3.8) is 0 Å². The van der Waals surface area contributed by atoms with Crippen LogP contribution >= 0.6 is 15.9 Å². The molecule has 3 aromatic rings. The monoisotopic (exact) mass is 387 g/mol. The highest BCUT2D eigenvalue weighted by molar-refractivity contribution is 9.10. The van der Waals surface area contributed by atoms with Gasteiger partial charge in [0.15, 0.2) is 5.65 Å². The van der Waals surface area contributed by atoms with Crippen molar-refractivity contribution in [2.24, 2.45) is 0 Å². The molecule has 0 aliphatic heterocycles. The van der Waals surface area contributed by atoms with Crippen molar-refractivity contribution in [3.05, 3.63) is 46.1 Å². The molecule has 6 heteroatoms. The normalized spacial score (nSPS) is 11.0. The number of hydrogen-bond acceptors (Lipinski definition) is 4. The second-order valence-corrected chi connectivity index (χ2v) is 6.48. The van der Waals surface area contributed by atoms with Gasteiger partial charge in [-0.1, -0.05) is 35.0 Å². The lowest BCUT2D eigenvalue weighted by molar-refractivity contribution is 0.0603. The molecule has 5 nitrogen and oxygen atoms in total. The summed E-state index contributed by atoms with van der Waals surface area (Å²) in [6.45, 7) is 4.73. The molecule has 0 amide bonds. The molecule has 0 atom stereocenters. The molecule has 124 valence electrons. The summed E-state index contributed by atoms with van der Waals surface area (Å²) in [7, 11) is 1.39. The fraction of sp³-hybridized carbons (Fsp3) is 0.278. The fourth-order valence-electron chi connectivity index (χ4n) is 2.79. The first-order valence-electron chi connectivity index (χ1n) is 7.77. The summed E-state index contributed by atoms with van der Waals surface area (Å²) < 4.78 is 7.79. The van der Waals surface area contributed by atoms with Crippen LogP contribution in [0.15, 0.2) is 34.8 Å². The number of ether oxygens (including phenoxy) is 1. The highest BCUT2D eigenvalue weighted by Crippen LogP contribution is 2.29. The summed E-state index contributed by atoms with van der Waals surface area (Å²) in [6.07, 6.45) is 0.937. The topological polar surface area (TPSA) is 57.0 Å². The summed E-state index contributed by atoms with van der Waals surface area (Å²) in [5, 5.41) is 5.30. The van der Waals surface area contributed by atoms with Crippen LogP contribution in [-0.4, -0.2) is 27.8 Å². The number of aryl methyl sites for hydroxylation is 2. The number of fused-ring (bicyclic) bond motifs is 1. The van der Waals surface area contributed by atoms with Crippen LogP contribution in [0.3, 0.4) is 0 Å². The van der Waals surface area contributed by atoms with E-state index in [2.05, 4.69) is 28.0 Å². The maximum Gasteiger partial charge on any atom is 0.338 e. The van der Waals surface area contributed by atoms with Crippen molar-refractivity contribution >= 4 is 32.9 Å². The lowest BCUT2D eigenvalue weighted by atomic mass is 10.1. The van der Waals surface area contributed by atoms with E-state index < -0.39 is 0 Å². The summed E-state index contributed by atoms with van der Waals surface area (Å²) in [6, 6.07) is 9.61. The summed E-state index contributed by atoms with van der Waals surface area (Å²) in [5.41, 5.74) is 3.65. The quantitative estimate of drug-likeness (QED) is 0.623. The van der Waals surface area contributed by atoms with Crippen LogP contribution in [0, 0.1) is 6.92 Å². The first-order chi connectivity index (χ1) is 11.5. The number of rotatable bonds is 4. The predicted octanol–water partition coefficient (Wildman–Crippen LogP) is 4.37. The van der Waals surface area contributed by atoms with E-state index in [9.17, 15) is 4.79 Å². The lowest BCUT2D eigenvalue weighted by Crippen LogP contribution is -2.05. The van der Waals surface area contributed by atoms with E-state index in [1.807, 2.05) is 35.9 Å². The van der Waals surface area contributed by atoms with Gasteiger partial charge < -0.3 is 4.74 Å².